The summed E-state index contributed by atoms with van der Waals surface area (Å²) in [6.45, 7) is 4.13. The van der Waals surface area contributed by atoms with Crippen LogP contribution in [0.4, 0.5) is 5.82 Å². The number of anilines is 1. The van der Waals surface area contributed by atoms with Gasteiger partial charge in [0.1, 0.15) is 5.82 Å². The number of nitrogens with zero attached hydrogens (tertiary/aromatic N) is 4. The predicted molar refractivity (Wildman–Crippen MR) is 135 cm³/mol. The number of benzene rings is 2. The lowest BCUT2D eigenvalue weighted by Gasteiger charge is -2.35. The van der Waals surface area contributed by atoms with Gasteiger partial charge in [0.25, 0.3) is 5.91 Å². The van der Waals surface area contributed by atoms with Crippen LogP contribution < -0.4 is 4.90 Å². The quantitative estimate of drug-likeness (QED) is 0.380. The molecule has 2 aromatic carbocycles. The number of amides is 1. The van der Waals surface area contributed by atoms with E-state index >= 15 is 0 Å². The van der Waals surface area contributed by atoms with Crippen molar-refractivity contribution in [1.29, 1.82) is 0 Å². The van der Waals surface area contributed by atoms with Crippen LogP contribution in [0.2, 0.25) is 0 Å². The molecule has 4 aromatic rings. The molecule has 1 amide bonds. The topological polar surface area (TPSA) is 88.8 Å². The molecule has 1 aliphatic heterocycles. The van der Waals surface area contributed by atoms with E-state index in [0.29, 0.717) is 49.0 Å². The lowest BCUT2D eigenvalue weighted by Crippen LogP contribution is -2.50. The normalized spacial score (nSPS) is 13.5. The summed E-state index contributed by atoms with van der Waals surface area (Å²) in [6, 6.07) is 20.6. The summed E-state index contributed by atoms with van der Waals surface area (Å²) in [6.07, 6.45) is 3.39. The zero-order valence-corrected chi connectivity index (χ0v) is 20.0. The van der Waals surface area contributed by atoms with Crippen molar-refractivity contribution in [2.45, 2.75) is 6.92 Å². The van der Waals surface area contributed by atoms with E-state index in [2.05, 4.69) is 14.9 Å². The van der Waals surface area contributed by atoms with Gasteiger partial charge in [-0.25, -0.2) is 14.8 Å². The summed E-state index contributed by atoms with van der Waals surface area (Å²) >= 11 is 0. The number of ether oxygens (including phenoxy) is 1. The third kappa shape index (κ3) is 5.12. The molecule has 0 aliphatic carbocycles. The van der Waals surface area contributed by atoms with Gasteiger partial charge < -0.3 is 19.0 Å². The zero-order chi connectivity index (χ0) is 24.9. The van der Waals surface area contributed by atoms with Crippen molar-refractivity contribution in [1.82, 2.24) is 14.9 Å². The monoisotopic (exact) mass is 482 g/mol. The summed E-state index contributed by atoms with van der Waals surface area (Å²) in [5.74, 6) is 0.994. The molecule has 1 fully saturated rings. The van der Waals surface area contributed by atoms with E-state index in [1.54, 1.807) is 41.6 Å². The minimum atomic E-state index is -0.596. The number of pyridine rings is 1. The highest BCUT2D eigenvalue weighted by atomic mass is 16.5. The average molecular weight is 483 g/mol. The Morgan fingerprint density at radius 1 is 0.917 bits per heavy atom. The molecule has 0 radical (unpaired) electrons. The van der Waals surface area contributed by atoms with Gasteiger partial charge in [-0.3, -0.25) is 4.79 Å². The molecular formula is C28H26N4O4. The minimum Gasteiger partial charge on any atom is -0.452 e. The number of carbonyl (C=O) groups is 2. The Balaban J connectivity index is 1.21. The van der Waals surface area contributed by atoms with Crippen molar-refractivity contribution >= 4 is 17.7 Å². The predicted octanol–water partition coefficient (Wildman–Crippen LogP) is 4.22. The molecular weight excluding hydrogens is 456 g/mol. The Morgan fingerprint density at radius 3 is 2.42 bits per heavy atom. The van der Waals surface area contributed by atoms with E-state index in [1.807, 2.05) is 49.4 Å². The summed E-state index contributed by atoms with van der Waals surface area (Å²) < 4.78 is 11.3. The molecule has 0 spiro atoms. The van der Waals surface area contributed by atoms with Gasteiger partial charge in [0.2, 0.25) is 5.89 Å². The van der Waals surface area contributed by atoms with Crippen LogP contribution in [0.3, 0.4) is 0 Å². The van der Waals surface area contributed by atoms with Crippen molar-refractivity contribution in [2.24, 2.45) is 0 Å². The van der Waals surface area contributed by atoms with Gasteiger partial charge >= 0.3 is 5.97 Å². The van der Waals surface area contributed by atoms with Crippen LogP contribution in [-0.4, -0.2) is 59.5 Å². The number of aromatic nitrogens is 2. The van der Waals surface area contributed by atoms with Gasteiger partial charge in [-0.15, -0.1) is 0 Å². The average Bonchev–Trinajstić information content (AvgIpc) is 3.43. The second kappa shape index (κ2) is 10.4. The van der Waals surface area contributed by atoms with Crippen LogP contribution in [0.25, 0.3) is 22.8 Å². The van der Waals surface area contributed by atoms with Crippen LogP contribution in [0.5, 0.6) is 0 Å². The molecule has 0 bridgehead atoms. The van der Waals surface area contributed by atoms with Crippen molar-refractivity contribution in [3.8, 4) is 22.8 Å². The van der Waals surface area contributed by atoms with Crippen molar-refractivity contribution in [3.05, 3.63) is 90.3 Å². The molecule has 1 aliphatic rings. The second-order valence-electron chi connectivity index (χ2n) is 8.57. The van der Waals surface area contributed by atoms with E-state index < -0.39 is 5.97 Å². The van der Waals surface area contributed by atoms with Crippen molar-refractivity contribution in [2.75, 3.05) is 37.7 Å². The first-order valence-corrected chi connectivity index (χ1v) is 11.8. The van der Waals surface area contributed by atoms with Gasteiger partial charge in [-0.1, -0.05) is 48.0 Å². The lowest BCUT2D eigenvalue weighted by atomic mass is 10.1. The highest BCUT2D eigenvalue weighted by Gasteiger charge is 2.24. The molecule has 1 saturated heterocycles. The fourth-order valence-corrected chi connectivity index (χ4v) is 4.12. The first-order valence-electron chi connectivity index (χ1n) is 11.8. The van der Waals surface area contributed by atoms with Gasteiger partial charge in [-0.2, -0.15) is 0 Å². The molecule has 8 nitrogen and oxygen atoms in total. The number of rotatable bonds is 6. The number of oxazole rings is 1. The Bertz CT molecular complexity index is 1340. The summed E-state index contributed by atoms with van der Waals surface area (Å²) in [4.78, 5) is 38.2. The molecule has 0 N–H and O–H groups in total. The number of piperazine rings is 1. The zero-order valence-electron chi connectivity index (χ0n) is 20.0. The van der Waals surface area contributed by atoms with Gasteiger partial charge in [0.15, 0.2) is 12.4 Å². The first kappa shape index (κ1) is 23.3. The van der Waals surface area contributed by atoms with Gasteiger partial charge in [-0.05, 0) is 31.2 Å². The summed E-state index contributed by atoms with van der Waals surface area (Å²) in [5, 5.41) is 0. The van der Waals surface area contributed by atoms with Crippen molar-refractivity contribution in [3.63, 3.8) is 0 Å². The van der Waals surface area contributed by atoms with Crippen LogP contribution >= 0.6 is 0 Å². The fraction of sp³-hybridized carbons (Fsp3) is 0.214. The SMILES string of the molecule is Cc1ccc(-c2cnc(-c3ccccc3C(=O)OCC(=O)N3CCN(c4ccccn4)CC3)o2)cc1. The molecule has 0 unspecified atom stereocenters. The number of hydrogen-bond acceptors (Lipinski definition) is 7. The number of hydrogen-bond donors (Lipinski definition) is 0. The van der Waals surface area contributed by atoms with Gasteiger partial charge in [0.05, 0.1) is 17.3 Å². The van der Waals surface area contributed by atoms with E-state index in [4.69, 9.17) is 9.15 Å². The van der Waals surface area contributed by atoms with Crippen LogP contribution in [0.15, 0.2) is 83.5 Å². The molecule has 0 saturated carbocycles. The Morgan fingerprint density at radius 2 is 1.67 bits per heavy atom. The number of esters is 1. The van der Waals surface area contributed by atoms with Crippen LogP contribution in [-0.2, 0) is 9.53 Å². The number of carbonyl (C=O) groups excluding carboxylic acids is 2. The van der Waals surface area contributed by atoms with E-state index in [0.717, 1.165) is 16.9 Å². The minimum absolute atomic E-state index is 0.223. The smallest absolute Gasteiger partial charge is 0.339 e. The molecule has 5 rings (SSSR count). The maximum Gasteiger partial charge on any atom is 0.339 e. The summed E-state index contributed by atoms with van der Waals surface area (Å²) in [5.41, 5.74) is 2.85. The molecule has 8 heteroatoms. The lowest BCUT2D eigenvalue weighted by molar-refractivity contribution is -0.134. The maximum atomic E-state index is 12.9. The standard InChI is InChI=1S/C28H26N4O4/c1-20-9-11-21(12-10-20)24-18-30-27(36-24)22-6-2-3-7-23(22)28(34)35-19-26(33)32-16-14-31(15-17-32)25-8-4-5-13-29-25/h2-13,18H,14-17,19H2,1H3. The third-order valence-electron chi connectivity index (χ3n) is 6.15. The Kier molecular flexibility index (Phi) is 6.75. The molecule has 2 aromatic heterocycles. The number of aryl methyl sites for hydroxylation is 1. The Labute approximate surface area is 209 Å². The first-order chi connectivity index (χ1) is 17.6. The van der Waals surface area contributed by atoms with Gasteiger partial charge in [0, 0.05) is 37.9 Å². The van der Waals surface area contributed by atoms with E-state index in [9.17, 15) is 9.59 Å². The summed E-state index contributed by atoms with van der Waals surface area (Å²) in [7, 11) is 0. The fourth-order valence-electron chi connectivity index (χ4n) is 4.12. The molecule has 36 heavy (non-hydrogen) atoms. The molecule has 0 atom stereocenters. The third-order valence-corrected chi connectivity index (χ3v) is 6.15. The largest absolute Gasteiger partial charge is 0.452 e. The van der Waals surface area contributed by atoms with Crippen LogP contribution in [0, 0.1) is 6.92 Å². The maximum absolute atomic E-state index is 12.9. The molecule has 182 valence electrons. The van der Waals surface area contributed by atoms with Crippen molar-refractivity contribution < 1.29 is 18.7 Å². The van der Waals surface area contributed by atoms with E-state index in [-0.39, 0.29) is 12.5 Å². The van der Waals surface area contributed by atoms with Crippen LogP contribution in [0.1, 0.15) is 15.9 Å². The second-order valence-corrected chi connectivity index (χ2v) is 8.57. The Hall–Kier alpha value is -4.46. The highest BCUT2D eigenvalue weighted by molar-refractivity contribution is 5.97. The molecule has 3 heterocycles. The highest BCUT2D eigenvalue weighted by Crippen LogP contribution is 2.28. The van der Waals surface area contributed by atoms with E-state index in [1.165, 1.54) is 0 Å².